The highest BCUT2D eigenvalue weighted by Gasteiger charge is 2.14. The quantitative estimate of drug-likeness (QED) is 0.547. The van der Waals surface area contributed by atoms with Crippen LogP contribution in [0.3, 0.4) is 0 Å². The molecule has 4 rings (SSSR count). The van der Waals surface area contributed by atoms with Crippen LogP contribution in [0.4, 0.5) is 0 Å². The molecule has 114 valence electrons. The molecule has 2 heterocycles. The van der Waals surface area contributed by atoms with Gasteiger partial charge >= 0.3 is 0 Å². The lowest BCUT2D eigenvalue weighted by molar-refractivity contribution is 1.02. The van der Waals surface area contributed by atoms with Crippen LogP contribution in [0.1, 0.15) is 16.7 Å². The number of benzene rings is 2. The van der Waals surface area contributed by atoms with E-state index >= 15 is 0 Å². The SMILES string of the molecule is Cc1cc(C)c(-n2cnnc2-c2ccc3scnc3c2)c(C)c1. The summed E-state index contributed by atoms with van der Waals surface area (Å²) in [5.41, 5.74) is 8.75. The Hall–Kier alpha value is -2.53. The minimum atomic E-state index is 0.843. The second-order valence-electron chi connectivity index (χ2n) is 5.81. The van der Waals surface area contributed by atoms with Crippen LogP contribution in [-0.4, -0.2) is 19.7 Å². The predicted octanol–water partition coefficient (Wildman–Crippen LogP) is 4.47. The highest BCUT2D eigenvalue weighted by atomic mass is 32.1. The van der Waals surface area contributed by atoms with Gasteiger partial charge in [0.05, 0.1) is 21.4 Å². The van der Waals surface area contributed by atoms with Gasteiger partial charge in [-0.3, -0.25) is 4.57 Å². The van der Waals surface area contributed by atoms with Crippen molar-refractivity contribution in [2.45, 2.75) is 20.8 Å². The summed E-state index contributed by atoms with van der Waals surface area (Å²) in [6, 6.07) is 10.6. The van der Waals surface area contributed by atoms with Gasteiger partial charge in [-0.05, 0) is 50.1 Å². The third kappa shape index (κ3) is 2.33. The molecule has 0 bridgehead atoms. The minimum Gasteiger partial charge on any atom is -0.281 e. The van der Waals surface area contributed by atoms with Gasteiger partial charge < -0.3 is 0 Å². The molecule has 2 aromatic heterocycles. The van der Waals surface area contributed by atoms with Crippen molar-refractivity contribution in [1.29, 1.82) is 0 Å². The molecule has 23 heavy (non-hydrogen) atoms. The first-order valence-corrected chi connectivity index (χ1v) is 8.33. The lowest BCUT2D eigenvalue weighted by Gasteiger charge is -2.14. The molecule has 0 N–H and O–H groups in total. The third-order valence-electron chi connectivity index (χ3n) is 4.01. The summed E-state index contributed by atoms with van der Waals surface area (Å²) in [6.07, 6.45) is 1.78. The van der Waals surface area contributed by atoms with Gasteiger partial charge in [-0.2, -0.15) is 0 Å². The number of aromatic nitrogens is 4. The van der Waals surface area contributed by atoms with Crippen LogP contribution in [0, 0.1) is 20.8 Å². The molecule has 0 aliphatic heterocycles. The summed E-state index contributed by atoms with van der Waals surface area (Å²) >= 11 is 1.65. The smallest absolute Gasteiger partial charge is 0.168 e. The Bertz CT molecular complexity index is 990. The molecule has 0 amide bonds. The molecule has 0 saturated heterocycles. The zero-order valence-corrected chi connectivity index (χ0v) is 14.1. The Kier molecular flexibility index (Phi) is 3.23. The number of hydrogen-bond donors (Lipinski definition) is 0. The second-order valence-corrected chi connectivity index (χ2v) is 6.69. The normalized spacial score (nSPS) is 11.3. The van der Waals surface area contributed by atoms with E-state index in [2.05, 4.69) is 70.9 Å². The van der Waals surface area contributed by atoms with Crippen molar-refractivity contribution in [1.82, 2.24) is 19.7 Å². The van der Waals surface area contributed by atoms with E-state index in [1.54, 1.807) is 17.7 Å². The fraction of sp³-hybridized carbons (Fsp3) is 0.167. The maximum Gasteiger partial charge on any atom is 0.168 e. The number of rotatable bonds is 2. The van der Waals surface area contributed by atoms with Crippen molar-refractivity contribution in [3.05, 3.63) is 58.9 Å². The van der Waals surface area contributed by atoms with E-state index < -0.39 is 0 Å². The van der Waals surface area contributed by atoms with E-state index in [0.29, 0.717) is 0 Å². The van der Waals surface area contributed by atoms with Gasteiger partial charge in [0.25, 0.3) is 0 Å². The number of nitrogens with zero attached hydrogens (tertiary/aromatic N) is 4. The van der Waals surface area contributed by atoms with Crippen molar-refractivity contribution in [3.8, 4) is 17.1 Å². The van der Waals surface area contributed by atoms with E-state index in [1.165, 1.54) is 21.4 Å². The first kappa shape index (κ1) is 14.1. The summed E-state index contributed by atoms with van der Waals surface area (Å²) in [6.45, 7) is 6.37. The summed E-state index contributed by atoms with van der Waals surface area (Å²) in [5.74, 6) is 0.843. The molecule has 4 aromatic rings. The Morgan fingerprint density at radius 3 is 2.57 bits per heavy atom. The molecule has 0 fully saturated rings. The number of thiazole rings is 1. The Morgan fingerprint density at radius 1 is 1.00 bits per heavy atom. The number of fused-ring (bicyclic) bond motifs is 1. The minimum absolute atomic E-state index is 0.843. The van der Waals surface area contributed by atoms with Gasteiger partial charge in [0.2, 0.25) is 0 Å². The average Bonchev–Trinajstić information content (AvgIpc) is 3.13. The fourth-order valence-corrected chi connectivity index (χ4v) is 3.80. The van der Waals surface area contributed by atoms with Gasteiger partial charge in [-0.25, -0.2) is 4.98 Å². The zero-order valence-electron chi connectivity index (χ0n) is 13.2. The number of aryl methyl sites for hydroxylation is 3. The standard InChI is InChI=1S/C18H16N4S/c1-11-6-12(2)17(13(3)7-11)22-9-20-21-18(22)14-4-5-16-15(8-14)19-10-23-16/h4-10H,1-3H3. The predicted molar refractivity (Wildman–Crippen MR) is 94.2 cm³/mol. The van der Waals surface area contributed by atoms with Crippen molar-refractivity contribution in [3.63, 3.8) is 0 Å². The average molecular weight is 320 g/mol. The largest absolute Gasteiger partial charge is 0.281 e. The summed E-state index contributed by atoms with van der Waals surface area (Å²) in [4.78, 5) is 4.40. The van der Waals surface area contributed by atoms with Crippen LogP contribution in [0.15, 0.2) is 42.2 Å². The molecule has 5 heteroatoms. The van der Waals surface area contributed by atoms with Crippen LogP contribution in [0.25, 0.3) is 27.3 Å². The van der Waals surface area contributed by atoms with Crippen LogP contribution in [0.5, 0.6) is 0 Å². The Balaban J connectivity index is 1.92. The number of hydrogen-bond acceptors (Lipinski definition) is 4. The monoisotopic (exact) mass is 320 g/mol. The molecule has 0 spiro atoms. The highest BCUT2D eigenvalue weighted by molar-refractivity contribution is 7.16. The molecule has 0 radical (unpaired) electrons. The molecule has 0 aliphatic carbocycles. The maximum absolute atomic E-state index is 4.40. The van der Waals surface area contributed by atoms with Crippen molar-refractivity contribution in [2.75, 3.05) is 0 Å². The molecule has 0 unspecified atom stereocenters. The van der Waals surface area contributed by atoms with E-state index in [1.807, 2.05) is 5.51 Å². The summed E-state index contributed by atoms with van der Waals surface area (Å²) < 4.78 is 3.25. The van der Waals surface area contributed by atoms with Gasteiger partial charge in [-0.1, -0.05) is 17.7 Å². The van der Waals surface area contributed by atoms with E-state index in [0.717, 1.165) is 22.6 Å². The van der Waals surface area contributed by atoms with E-state index in [9.17, 15) is 0 Å². The van der Waals surface area contributed by atoms with Gasteiger partial charge in [-0.15, -0.1) is 21.5 Å². The molecular formula is C18H16N4S. The highest BCUT2D eigenvalue weighted by Crippen LogP contribution is 2.28. The first-order chi connectivity index (χ1) is 11.1. The van der Waals surface area contributed by atoms with Gasteiger partial charge in [0.15, 0.2) is 5.82 Å². The van der Waals surface area contributed by atoms with Crippen LogP contribution >= 0.6 is 11.3 Å². The summed E-state index contributed by atoms with van der Waals surface area (Å²) in [5, 5.41) is 8.49. The van der Waals surface area contributed by atoms with Crippen LogP contribution in [-0.2, 0) is 0 Å². The van der Waals surface area contributed by atoms with Gasteiger partial charge in [0, 0.05) is 5.56 Å². The lowest BCUT2D eigenvalue weighted by atomic mass is 10.0. The first-order valence-electron chi connectivity index (χ1n) is 7.45. The van der Waals surface area contributed by atoms with Crippen LogP contribution < -0.4 is 0 Å². The van der Waals surface area contributed by atoms with E-state index in [4.69, 9.17) is 0 Å². The van der Waals surface area contributed by atoms with Crippen LogP contribution in [0.2, 0.25) is 0 Å². The molecule has 4 nitrogen and oxygen atoms in total. The van der Waals surface area contributed by atoms with Crippen molar-refractivity contribution >= 4 is 21.6 Å². The molecule has 2 aromatic carbocycles. The Labute approximate surface area is 138 Å². The molecule has 0 atom stereocenters. The molecule has 0 aliphatic rings. The topological polar surface area (TPSA) is 43.6 Å². The van der Waals surface area contributed by atoms with Gasteiger partial charge in [0.1, 0.15) is 6.33 Å². The Morgan fingerprint density at radius 2 is 1.78 bits per heavy atom. The third-order valence-corrected chi connectivity index (χ3v) is 4.82. The van der Waals surface area contributed by atoms with Crippen molar-refractivity contribution < 1.29 is 0 Å². The van der Waals surface area contributed by atoms with E-state index in [-0.39, 0.29) is 0 Å². The zero-order chi connectivity index (χ0) is 16.0. The second kappa shape index (κ2) is 5.28. The fourth-order valence-electron chi connectivity index (χ4n) is 3.14. The maximum atomic E-state index is 4.40. The molecular weight excluding hydrogens is 304 g/mol. The van der Waals surface area contributed by atoms with Crippen molar-refractivity contribution in [2.24, 2.45) is 0 Å². The summed E-state index contributed by atoms with van der Waals surface area (Å²) in [7, 11) is 0. The molecule has 0 saturated carbocycles. The lowest BCUT2D eigenvalue weighted by Crippen LogP contribution is -2.02.